The second-order valence-corrected chi connectivity index (χ2v) is 1.82. The zero-order chi connectivity index (χ0) is 9.56. The third kappa shape index (κ3) is 9.00. The number of carbonyl (C=O) groups is 1. The monoisotopic (exact) mass is 192 g/mol. The van der Waals surface area contributed by atoms with E-state index >= 15 is 0 Å². The molecule has 6 N–H and O–H groups in total. The van der Waals surface area contributed by atoms with E-state index in [9.17, 15) is 0 Å². The van der Waals surface area contributed by atoms with Crippen LogP contribution in [0.2, 0.25) is 0 Å². The molecule has 0 unspecified atom stereocenters. The molecule has 0 aliphatic rings. The molecule has 0 aliphatic heterocycles. The molecule has 0 bridgehead atoms. The predicted octanol–water partition coefficient (Wildman–Crippen LogP) is -2.12. The fraction of sp³-hybridized carbons (Fsp3) is 0. The van der Waals surface area contributed by atoms with Gasteiger partial charge in [-0.15, -0.1) is 6.07 Å². The van der Waals surface area contributed by atoms with Crippen LogP contribution < -0.4 is 41.0 Å². The first-order valence-corrected chi connectivity index (χ1v) is 2.97. The Bertz CT molecular complexity index is 243. The van der Waals surface area contributed by atoms with E-state index in [0.29, 0.717) is 11.4 Å². The number of nitrogen functional groups attached to an aromatic ring is 2. The summed E-state index contributed by atoms with van der Waals surface area (Å²) in [5.41, 5.74) is 11.8. The fourth-order valence-electron chi connectivity index (χ4n) is 0.463. The molecule has 0 aromatic heterocycles. The van der Waals surface area contributed by atoms with Crippen LogP contribution >= 0.6 is 0 Å². The Balaban J connectivity index is 0. The molecule has 13 heavy (non-hydrogen) atoms. The number of para-hydroxylation sites is 1. The van der Waals surface area contributed by atoms with Crippen molar-refractivity contribution in [1.29, 1.82) is 0 Å². The first-order chi connectivity index (χ1) is 5.54. The first kappa shape index (κ1) is 14.6. The molecule has 0 amide bonds. The minimum absolute atomic E-state index is 0. The molecule has 0 spiro atoms. The summed E-state index contributed by atoms with van der Waals surface area (Å²) in [6.45, 7) is 0. The average Bonchev–Trinajstić information content (AvgIpc) is 1.94. The minimum Gasteiger partial charge on any atom is -0.450 e. The van der Waals surface area contributed by atoms with Gasteiger partial charge in [0.05, 0.1) is 0 Å². The van der Waals surface area contributed by atoms with Crippen molar-refractivity contribution in [1.82, 2.24) is 0 Å². The van der Waals surface area contributed by atoms with Crippen molar-refractivity contribution in [3.05, 3.63) is 24.3 Å². The van der Waals surface area contributed by atoms with Crippen LogP contribution in [0.3, 0.4) is 0 Å². The van der Waals surface area contributed by atoms with Gasteiger partial charge >= 0.3 is 35.7 Å². The van der Waals surface area contributed by atoms with Gasteiger partial charge in [-0.2, -0.15) is 18.2 Å². The van der Waals surface area contributed by atoms with E-state index in [1.807, 2.05) is 0 Å². The summed E-state index contributed by atoms with van der Waals surface area (Å²) in [6.07, 6.45) is -1.83. The maximum atomic E-state index is 8.56. The number of carboxylic acid groups (broad SMARTS) is 2. The minimum atomic E-state index is -1.83. The van der Waals surface area contributed by atoms with Crippen molar-refractivity contribution in [3.63, 3.8) is 0 Å². The topological polar surface area (TPSA) is 110 Å². The first-order valence-electron chi connectivity index (χ1n) is 2.97. The van der Waals surface area contributed by atoms with E-state index in [0.717, 1.165) is 0 Å². The van der Waals surface area contributed by atoms with Gasteiger partial charge in [-0.1, -0.05) is 11.4 Å². The summed E-state index contributed by atoms with van der Waals surface area (Å²) in [6, 6.07) is 8.02. The molecule has 0 heterocycles. The third-order valence-electron chi connectivity index (χ3n) is 0.922. The van der Waals surface area contributed by atoms with Gasteiger partial charge in [0.1, 0.15) is 0 Å². The average molecular weight is 192 g/mol. The standard InChI is InChI=1S/C6H7N2.CH2O3.Na/c7-5-3-1-2-4-6(5)8;2-1(3)4;/h1-3H,7-8H2;(H2,2,3,4);/q-1;;+1. The summed E-state index contributed by atoms with van der Waals surface area (Å²) >= 11 is 0. The number of nitrogens with two attached hydrogens (primary N) is 2. The molecule has 0 saturated carbocycles. The number of rotatable bonds is 0. The van der Waals surface area contributed by atoms with E-state index in [1.165, 1.54) is 0 Å². The van der Waals surface area contributed by atoms with Crippen molar-refractivity contribution >= 4 is 17.5 Å². The summed E-state index contributed by atoms with van der Waals surface area (Å²) in [5.74, 6) is 0. The molecule has 6 heteroatoms. The van der Waals surface area contributed by atoms with Crippen LogP contribution in [0.4, 0.5) is 16.2 Å². The molecule has 1 aromatic rings. The molecule has 0 aliphatic carbocycles. The van der Waals surface area contributed by atoms with Crippen molar-refractivity contribution in [2.45, 2.75) is 0 Å². The SMILES string of the molecule is Nc1[c-]cccc1N.O=C(O)O.[Na+]. The molecule has 0 atom stereocenters. The molecule has 5 nitrogen and oxygen atoms in total. The van der Waals surface area contributed by atoms with E-state index in [-0.39, 0.29) is 29.6 Å². The van der Waals surface area contributed by atoms with Gasteiger partial charge in [0, 0.05) is 0 Å². The molecule has 0 saturated heterocycles. The predicted molar refractivity (Wildman–Crippen MR) is 44.8 cm³/mol. The Kier molecular flexibility index (Phi) is 8.68. The van der Waals surface area contributed by atoms with Crippen LogP contribution in [0.25, 0.3) is 0 Å². The molecule has 1 rings (SSSR count). The van der Waals surface area contributed by atoms with Crippen molar-refractivity contribution in [2.75, 3.05) is 11.5 Å². The molecular weight excluding hydrogens is 183 g/mol. The van der Waals surface area contributed by atoms with Crippen LogP contribution in [-0.2, 0) is 0 Å². The Morgan fingerprint density at radius 3 is 2.08 bits per heavy atom. The van der Waals surface area contributed by atoms with E-state index in [4.69, 9.17) is 26.5 Å². The van der Waals surface area contributed by atoms with E-state index in [2.05, 4.69) is 6.07 Å². The molecular formula is C7H9N2NaO3. The normalized spacial score (nSPS) is 7.38. The van der Waals surface area contributed by atoms with Crippen molar-refractivity contribution in [2.24, 2.45) is 0 Å². The number of benzene rings is 1. The Morgan fingerprint density at radius 1 is 1.38 bits per heavy atom. The second-order valence-electron chi connectivity index (χ2n) is 1.82. The van der Waals surface area contributed by atoms with Gasteiger partial charge in [-0.3, -0.25) is 0 Å². The zero-order valence-electron chi connectivity index (χ0n) is 7.19. The van der Waals surface area contributed by atoms with Crippen molar-refractivity contribution < 1.29 is 44.6 Å². The Hall–Kier alpha value is -0.910. The van der Waals surface area contributed by atoms with Crippen LogP contribution in [0.1, 0.15) is 0 Å². The van der Waals surface area contributed by atoms with Gasteiger partial charge in [0.25, 0.3) is 0 Å². The van der Waals surface area contributed by atoms with E-state index < -0.39 is 6.16 Å². The summed E-state index contributed by atoms with van der Waals surface area (Å²) in [7, 11) is 0. The van der Waals surface area contributed by atoms with Gasteiger partial charge < -0.3 is 21.7 Å². The molecule has 1 aromatic carbocycles. The largest absolute Gasteiger partial charge is 1.00 e. The molecule has 66 valence electrons. The molecule has 0 fully saturated rings. The van der Waals surface area contributed by atoms with Crippen molar-refractivity contribution in [3.8, 4) is 0 Å². The van der Waals surface area contributed by atoms with Gasteiger partial charge in [-0.25, -0.2) is 4.79 Å². The maximum Gasteiger partial charge on any atom is 1.00 e. The number of hydrogen-bond donors (Lipinski definition) is 4. The zero-order valence-corrected chi connectivity index (χ0v) is 9.19. The quantitative estimate of drug-likeness (QED) is 0.213. The second kappa shape index (κ2) is 7.72. The Labute approximate surface area is 97.6 Å². The van der Waals surface area contributed by atoms with Crippen LogP contribution in [0.15, 0.2) is 18.2 Å². The van der Waals surface area contributed by atoms with Gasteiger partial charge in [0.2, 0.25) is 0 Å². The molecule has 0 radical (unpaired) electrons. The summed E-state index contributed by atoms with van der Waals surface area (Å²) in [5, 5.41) is 13.9. The van der Waals surface area contributed by atoms with Crippen LogP contribution in [0.5, 0.6) is 0 Å². The van der Waals surface area contributed by atoms with Crippen LogP contribution in [0, 0.1) is 6.07 Å². The fourth-order valence-corrected chi connectivity index (χ4v) is 0.463. The number of anilines is 2. The summed E-state index contributed by atoms with van der Waals surface area (Å²) in [4.78, 5) is 8.56. The Morgan fingerprint density at radius 2 is 1.85 bits per heavy atom. The third-order valence-corrected chi connectivity index (χ3v) is 0.922. The maximum absolute atomic E-state index is 8.56. The summed E-state index contributed by atoms with van der Waals surface area (Å²) < 4.78 is 0. The van der Waals surface area contributed by atoms with Gasteiger partial charge in [-0.05, 0) is 0 Å². The van der Waals surface area contributed by atoms with E-state index in [1.54, 1.807) is 18.2 Å². The number of hydrogen-bond acceptors (Lipinski definition) is 3. The smallest absolute Gasteiger partial charge is 0.450 e. The van der Waals surface area contributed by atoms with Gasteiger partial charge in [0.15, 0.2) is 0 Å². The van der Waals surface area contributed by atoms with Crippen LogP contribution in [-0.4, -0.2) is 16.4 Å².